The van der Waals surface area contributed by atoms with Gasteiger partial charge in [-0.05, 0) is 51.4 Å². The molecule has 0 aliphatic carbocycles. The number of hydrogen-bond donors (Lipinski definition) is 1. The first kappa shape index (κ1) is 27.9. The summed E-state index contributed by atoms with van der Waals surface area (Å²) in [5.74, 6) is -1.47. The standard InChI is InChI=1S/C26H42O4/c1-3-5-6-7-8-9-10-11-12-13-14-15-16-17-18-19-20-21-22-23-25(27)30-24(4-2)26(28)29/h5-6,8-9,11-12,14-15,24H,3-4,7,10,13,16-23H2,1-2H3,(H,28,29)/b6-5-,9-8-,12-11-,15-14-. The molecule has 4 nitrogen and oxygen atoms in total. The molecule has 30 heavy (non-hydrogen) atoms. The number of esters is 1. The first-order valence-electron chi connectivity index (χ1n) is 11.6. The fourth-order valence-electron chi connectivity index (χ4n) is 2.86. The van der Waals surface area contributed by atoms with Gasteiger partial charge in [0.1, 0.15) is 0 Å². The molecule has 0 radical (unpaired) electrons. The number of carbonyl (C=O) groups is 2. The van der Waals surface area contributed by atoms with Gasteiger partial charge in [0.15, 0.2) is 6.10 Å². The Morgan fingerprint density at radius 2 is 1.23 bits per heavy atom. The van der Waals surface area contributed by atoms with E-state index in [9.17, 15) is 9.59 Å². The normalized spacial score (nSPS) is 13.1. The number of carbonyl (C=O) groups excluding carboxylic acids is 1. The van der Waals surface area contributed by atoms with Crippen LogP contribution in [0.4, 0.5) is 0 Å². The summed E-state index contributed by atoms with van der Waals surface area (Å²) in [7, 11) is 0. The van der Waals surface area contributed by atoms with Crippen molar-refractivity contribution in [3.05, 3.63) is 48.6 Å². The quantitative estimate of drug-likeness (QED) is 0.136. The zero-order chi connectivity index (χ0) is 22.3. The van der Waals surface area contributed by atoms with Crippen LogP contribution in [0, 0.1) is 0 Å². The molecule has 0 saturated heterocycles. The van der Waals surface area contributed by atoms with E-state index in [4.69, 9.17) is 9.84 Å². The van der Waals surface area contributed by atoms with Gasteiger partial charge in [-0.15, -0.1) is 0 Å². The molecule has 1 atom stereocenters. The van der Waals surface area contributed by atoms with Crippen molar-refractivity contribution >= 4 is 11.9 Å². The zero-order valence-electron chi connectivity index (χ0n) is 19.1. The highest BCUT2D eigenvalue weighted by atomic mass is 16.6. The van der Waals surface area contributed by atoms with Crippen LogP contribution < -0.4 is 0 Å². The molecule has 170 valence electrons. The molecule has 0 heterocycles. The maximum atomic E-state index is 11.6. The van der Waals surface area contributed by atoms with Gasteiger partial charge in [0.2, 0.25) is 0 Å². The SMILES string of the molecule is CC/C=C\C/C=C\C/C=C\C/C=C\CCCCCCCCC(=O)OC(CC)C(=O)O. The molecule has 0 spiro atoms. The lowest BCUT2D eigenvalue weighted by molar-refractivity contribution is -0.164. The van der Waals surface area contributed by atoms with Gasteiger partial charge < -0.3 is 9.84 Å². The third kappa shape index (κ3) is 19.2. The average molecular weight is 419 g/mol. The van der Waals surface area contributed by atoms with Crippen LogP contribution in [-0.4, -0.2) is 23.1 Å². The lowest BCUT2D eigenvalue weighted by Crippen LogP contribution is -2.26. The summed E-state index contributed by atoms with van der Waals surface area (Å²) in [6.45, 7) is 3.85. The van der Waals surface area contributed by atoms with Gasteiger partial charge in [-0.2, -0.15) is 0 Å². The number of allylic oxidation sites excluding steroid dienone is 8. The Bertz CT molecular complexity index is 543. The third-order valence-electron chi connectivity index (χ3n) is 4.64. The van der Waals surface area contributed by atoms with Crippen molar-refractivity contribution in [3.63, 3.8) is 0 Å². The minimum absolute atomic E-state index is 0.306. The summed E-state index contributed by atoms with van der Waals surface area (Å²) >= 11 is 0. The number of carboxylic acid groups (broad SMARTS) is 1. The highest BCUT2D eigenvalue weighted by Crippen LogP contribution is 2.10. The second-order valence-corrected chi connectivity index (χ2v) is 7.39. The van der Waals surface area contributed by atoms with E-state index in [1.165, 1.54) is 19.3 Å². The molecule has 0 aromatic rings. The molecular formula is C26H42O4. The minimum Gasteiger partial charge on any atom is -0.479 e. The molecular weight excluding hydrogens is 376 g/mol. The van der Waals surface area contributed by atoms with Gasteiger partial charge in [-0.1, -0.05) is 88.1 Å². The molecule has 0 rings (SSSR count). The molecule has 0 fully saturated rings. The Morgan fingerprint density at radius 3 is 1.77 bits per heavy atom. The molecule has 0 aromatic heterocycles. The highest BCUT2D eigenvalue weighted by molar-refractivity contribution is 5.77. The molecule has 0 amide bonds. The lowest BCUT2D eigenvalue weighted by Gasteiger charge is -2.11. The van der Waals surface area contributed by atoms with E-state index in [2.05, 4.69) is 55.5 Å². The topological polar surface area (TPSA) is 63.6 Å². The first-order valence-corrected chi connectivity index (χ1v) is 11.6. The molecule has 0 aromatic carbocycles. The van der Waals surface area contributed by atoms with Crippen molar-refractivity contribution in [3.8, 4) is 0 Å². The molecule has 1 unspecified atom stereocenters. The average Bonchev–Trinajstić information content (AvgIpc) is 2.73. The van der Waals surface area contributed by atoms with E-state index in [1.54, 1.807) is 6.92 Å². The van der Waals surface area contributed by atoms with E-state index in [1.807, 2.05) is 0 Å². The van der Waals surface area contributed by atoms with Crippen LogP contribution in [0.2, 0.25) is 0 Å². The Hall–Kier alpha value is -2.10. The number of rotatable bonds is 19. The predicted octanol–water partition coefficient (Wildman–Crippen LogP) is 7.32. The molecule has 1 N–H and O–H groups in total. The predicted molar refractivity (Wildman–Crippen MR) is 125 cm³/mol. The van der Waals surface area contributed by atoms with Gasteiger partial charge in [0, 0.05) is 6.42 Å². The Morgan fingerprint density at radius 1 is 0.733 bits per heavy atom. The summed E-state index contributed by atoms with van der Waals surface area (Å²) in [4.78, 5) is 22.4. The largest absolute Gasteiger partial charge is 0.479 e. The molecule has 0 aliphatic heterocycles. The van der Waals surface area contributed by atoms with Crippen molar-refractivity contribution < 1.29 is 19.4 Å². The summed E-state index contributed by atoms with van der Waals surface area (Å²) < 4.78 is 4.94. The van der Waals surface area contributed by atoms with Crippen LogP contribution in [0.3, 0.4) is 0 Å². The molecule has 0 aliphatic rings. The second-order valence-electron chi connectivity index (χ2n) is 7.39. The van der Waals surface area contributed by atoms with E-state index in [-0.39, 0.29) is 0 Å². The lowest BCUT2D eigenvalue weighted by atomic mass is 10.1. The zero-order valence-corrected chi connectivity index (χ0v) is 19.1. The second kappa shape index (κ2) is 21.6. The van der Waals surface area contributed by atoms with Gasteiger partial charge in [0.25, 0.3) is 0 Å². The Balaban J connectivity index is 3.47. The van der Waals surface area contributed by atoms with Crippen molar-refractivity contribution in [2.24, 2.45) is 0 Å². The summed E-state index contributed by atoms with van der Waals surface area (Å²) in [5, 5.41) is 8.87. The number of unbranched alkanes of at least 4 members (excludes halogenated alkanes) is 6. The third-order valence-corrected chi connectivity index (χ3v) is 4.64. The number of hydrogen-bond acceptors (Lipinski definition) is 3. The number of ether oxygens (including phenoxy) is 1. The van der Waals surface area contributed by atoms with Crippen LogP contribution in [0.5, 0.6) is 0 Å². The smallest absolute Gasteiger partial charge is 0.345 e. The van der Waals surface area contributed by atoms with Gasteiger partial charge >= 0.3 is 11.9 Å². The summed E-state index contributed by atoms with van der Waals surface area (Å²) in [5.41, 5.74) is 0. The summed E-state index contributed by atoms with van der Waals surface area (Å²) in [6, 6.07) is 0. The first-order chi connectivity index (χ1) is 14.6. The molecule has 0 bridgehead atoms. The van der Waals surface area contributed by atoms with E-state index in [0.717, 1.165) is 51.4 Å². The van der Waals surface area contributed by atoms with E-state index in [0.29, 0.717) is 12.8 Å². The molecule has 4 heteroatoms. The van der Waals surface area contributed by atoms with E-state index >= 15 is 0 Å². The van der Waals surface area contributed by atoms with Crippen LogP contribution in [0.15, 0.2) is 48.6 Å². The van der Waals surface area contributed by atoms with Gasteiger partial charge in [-0.25, -0.2) is 4.79 Å². The monoisotopic (exact) mass is 418 g/mol. The van der Waals surface area contributed by atoms with Crippen LogP contribution in [-0.2, 0) is 14.3 Å². The summed E-state index contributed by atoms with van der Waals surface area (Å²) in [6.07, 6.45) is 29.1. The van der Waals surface area contributed by atoms with Crippen molar-refractivity contribution in [1.82, 2.24) is 0 Å². The highest BCUT2D eigenvalue weighted by Gasteiger charge is 2.19. The van der Waals surface area contributed by atoms with Crippen LogP contribution in [0.1, 0.15) is 97.3 Å². The maximum Gasteiger partial charge on any atom is 0.345 e. The van der Waals surface area contributed by atoms with Crippen molar-refractivity contribution in [1.29, 1.82) is 0 Å². The van der Waals surface area contributed by atoms with Crippen molar-refractivity contribution in [2.75, 3.05) is 0 Å². The molecule has 0 saturated carbocycles. The maximum absolute atomic E-state index is 11.6. The van der Waals surface area contributed by atoms with E-state index < -0.39 is 18.0 Å². The Kier molecular flexibility index (Phi) is 20.1. The van der Waals surface area contributed by atoms with Crippen molar-refractivity contribution in [2.45, 2.75) is 103 Å². The van der Waals surface area contributed by atoms with Crippen LogP contribution >= 0.6 is 0 Å². The minimum atomic E-state index is -1.07. The fraction of sp³-hybridized carbons (Fsp3) is 0.615. The van der Waals surface area contributed by atoms with Gasteiger partial charge in [0.05, 0.1) is 0 Å². The number of carboxylic acids is 1. The van der Waals surface area contributed by atoms with Crippen LogP contribution in [0.25, 0.3) is 0 Å². The number of aliphatic carboxylic acids is 1. The van der Waals surface area contributed by atoms with Gasteiger partial charge in [-0.3, -0.25) is 4.79 Å². The Labute approximate surface area is 183 Å². The fourth-order valence-corrected chi connectivity index (χ4v) is 2.86.